The van der Waals surface area contributed by atoms with Crippen molar-refractivity contribution in [1.82, 2.24) is 9.59 Å². The molecular formula is C10H9N3O4S2. The standard InChI is InChI=1S/C10H9N3O4S2/c1-17-10(14)7-4-2-3-5-8(7)19(15,16)12-9-6-11-13-18-9/h2-6,12H,1H3. The van der Waals surface area contributed by atoms with Gasteiger partial charge in [0.15, 0.2) is 0 Å². The molecule has 0 saturated carbocycles. The molecule has 1 heterocycles. The van der Waals surface area contributed by atoms with Gasteiger partial charge in [-0.1, -0.05) is 16.6 Å². The van der Waals surface area contributed by atoms with Gasteiger partial charge in [0, 0.05) is 11.5 Å². The molecule has 1 aromatic heterocycles. The van der Waals surface area contributed by atoms with Crippen LogP contribution in [0.5, 0.6) is 0 Å². The fraction of sp³-hybridized carbons (Fsp3) is 0.100. The summed E-state index contributed by atoms with van der Waals surface area (Å²) in [6.45, 7) is 0. The normalized spacial score (nSPS) is 11.0. The predicted octanol–water partition coefficient (Wildman–Crippen LogP) is 1.13. The quantitative estimate of drug-likeness (QED) is 0.850. The summed E-state index contributed by atoms with van der Waals surface area (Å²) in [5.41, 5.74) is -0.0324. The Kier molecular flexibility index (Phi) is 3.76. The van der Waals surface area contributed by atoms with Gasteiger partial charge in [-0.15, -0.1) is 5.10 Å². The Morgan fingerprint density at radius 2 is 2.11 bits per heavy atom. The van der Waals surface area contributed by atoms with Crippen LogP contribution in [0.15, 0.2) is 35.4 Å². The molecule has 0 aliphatic rings. The van der Waals surface area contributed by atoms with Crippen LogP contribution in [0.25, 0.3) is 0 Å². The van der Waals surface area contributed by atoms with E-state index in [0.717, 1.165) is 11.5 Å². The number of hydrogen-bond donors (Lipinski definition) is 1. The van der Waals surface area contributed by atoms with E-state index in [1.54, 1.807) is 6.07 Å². The molecule has 0 aliphatic carbocycles. The lowest BCUT2D eigenvalue weighted by atomic mass is 10.2. The van der Waals surface area contributed by atoms with E-state index in [2.05, 4.69) is 19.0 Å². The average Bonchev–Trinajstić information content (AvgIpc) is 2.90. The fourth-order valence-electron chi connectivity index (χ4n) is 1.38. The lowest BCUT2D eigenvalue weighted by Crippen LogP contribution is -2.16. The van der Waals surface area contributed by atoms with Crippen molar-refractivity contribution in [1.29, 1.82) is 0 Å². The Bertz CT molecular complexity index is 683. The number of anilines is 1. The molecule has 2 rings (SSSR count). The molecule has 0 saturated heterocycles. The molecule has 0 fully saturated rings. The number of hydrogen-bond acceptors (Lipinski definition) is 7. The van der Waals surface area contributed by atoms with Crippen molar-refractivity contribution in [2.75, 3.05) is 11.8 Å². The molecule has 1 N–H and O–H groups in total. The largest absolute Gasteiger partial charge is 0.465 e. The highest BCUT2D eigenvalue weighted by Crippen LogP contribution is 2.21. The van der Waals surface area contributed by atoms with Gasteiger partial charge in [0.05, 0.1) is 18.9 Å². The van der Waals surface area contributed by atoms with Crippen molar-refractivity contribution < 1.29 is 17.9 Å². The number of nitrogens with zero attached hydrogens (tertiary/aromatic N) is 2. The summed E-state index contributed by atoms with van der Waals surface area (Å²) in [7, 11) is -2.70. The number of rotatable bonds is 4. The summed E-state index contributed by atoms with van der Waals surface area (Å²) in [5.74, 6) is -0.719. The van der Waals surface area contributed by atoms with Crippen LogP contribution in [-0.2, 0) is 14.8 Å². The summed E-state index contributed by atoms with van der Waals surface area (Å²) in [4.78, 5) is 11.4. The fourth-order valence-corrected chi connectivity index (χ4v) is 3.26. The Morgan fingerprint density at radius 3 is 2.74 bits per heavy atom. The molecule has 100 valence electrons. The van der Waals surface area contributed by atoms with Crippen LogP contribution in [0.4, 0.5) is 5.00 Å². The predicted molar refractivity (Wildman–Crippen MR) is 68.5 cm³/mol. The van der Waals surface area contributed by atoms with Gasteiger partial charge in [0.1, 0.15) is 9.90 Å². The molecule has 0 aliphatic heterocycles. The zero-order valence-electron chi connectivity index (χ0n) is 9.73. The van der Waals surface area contributed by atoms with Gasteiger partial charge in [0.2, 0.25) is 0 Å². The minimum Gasteiger partial charge on any atom is -0.465 e. The van der Waals surface area contributed by atoms with E-state index in [0.29, 0.717) is 0 Å². The molecule has 0 amide bonds. The summed E-state index contributed by atoms with van der Waals surface area (Å²) in [6.07, 6.45) is 1.28. The molecule has 0 bridgehead atoms. The van der Waals surface area contributed by atoms with Gasteiger partial charge in [0.25, 0.3) is 10.0 Å². The van der Waals surface area contributed by atoms with E-state index in [4.69, 9.17) is 0 Å². The number of carbonyl (C=O) groups is 1. The first-order valence-electron chi connectivity index (χ1n) is 5.02. The van der Waals surface area contributed by atoms with E-state index in [9.17, 15) is 13.2 Å². The Labute approximate surface area is 113 Å². The van der Waals surface area contributed by atoms with Crippen molar-refractivity contribution in [2.45, 2.75) is 4.90 Å². The highest BCUT2D eigenvalue weighted by molar-refractivity contribution is 7.93. The number of carbonyl (C=O) groups excluding carboxylic acids is 1. The van der Waals surface area contributed by atoms with Gasteiger partial charge in [-0.3, -0.25) is 4.72 Å². The van der Waals surface area contributed by atoms with Gasteiger partial charge in [-0.05, 0) is 12.1 Å². The number of esters is 1. The van der Waals surface area contributed by atoms with Crippen LogP contribution in [0.1, 0.15) is 10.4 Å². The van der Waals surface area contributed by atoms with Gasteiger partial charge >= 0.3 is 5.97 Å². The van der Waals surface area contributed by atoms with Crippen molar-refractivity contribution >= 4 is 32.5 Å². The molecule has 7 nitrogen and oxygen atoms in total. The van der Waals surface area contributed by atoms with Crippen LogP contribution in [0.3, 0.4) is 0 Å². The first-order chi connectivity index (χ1) is 9.04. The first kappa shape index (κ1) is 13.4. The number of methoxy groups -OCH3 is 1. The number of nitrogens with one attached hydrogen (secondary N) is 1. The van der Waals surface area contributed by atoms with Crippen molar-refractivity contribution in [3.8, 4) is 0 Å². The van der Waals surface area contributed by atoms with Crippen molar-refractivity contribution in [3.05, 3.63) is 36.0 Å². The third-order valence-corrected chi connectivity index (χ3v) is 4.31. The third kappa shape index (κ3) is 2.88. The van der Waals surface area contributed by atoms with Crippen LogP contribution in [0.2, 0.25) is 0 Å². The van der Waals surface area contributed by atoms with Crippen LogP contribution >= 0.6 is 11.5 Å². The second kappa shape index (κ2) is 5.33. The molecule has 19 heavy (non-hydrogen) atoms. The van der Waals surface area contributed by atoms with E-state index in [-0.39, 0.29) is 15.5 Å². The zero-order valence-corrected chi connectivity index (χ0v) is 11.4. The highest BCUT2D eigenvalue weighted by Gasteiger charge is 2.23. The van der Waals surface area contributed by atoms with Crippen LogP contribution in [-0.4, -0.2) is 31.1 Å². The lowest BCUT2D eigenvalue weighted by Gasteiger charge is -2.09. The molecule has 0 atom stereocenters. The smallest absolute Gasteiger partial charge is 0.339 e. The monoisotopic (exact) mass is 299 g/mol. The lowest BCUT2D eigenvalue weighted by molar-refractivity contribution is 0.0596. The maximum atomic E-state index is 12.2. The van der Waals surface area contributed by atoms with Gasteiger partial charge < -0.3 is 4.74 Å². The van der Waals surface area contributed by atoms with Crippen LogP contribution in [0, 0.1) is 0 Å². The van der Waals surface area contributed by atoms with Crippen molar-refractivity contribution in [2.24, 2.45) is 0 Å². The van der Waals surface area contributed by atoms with Crippen molar-refractivity contribution in [3.63, 3.8) is 0 Å². The van der Waals surface area contributed by atoms with E-state index < -0.39 is 16.0 Å². The minimum atomic E-state index is -3.89. The number of benzene rings is 1. The minimum absolute atomic E-state index is 0.0324. The topological polar surface area (TPSA) is 98.2 Å². The molecule has 0 spiro atoms. The van der Waals surface area contributed by atoms with E-state index in [1.165, 1.54) is 31.5 Å². The Hall–Kier alpha value is -2.00. The molecule has 1 aromatic carbocycles. The molecule has 9 heteroatoms. The highest BCUT2D eigenvalue weighted by atomic mass is 32.2. The number of aromatic nitrogens is 2. The summed E-state index contributed by atoms with van der Waals surface area (Å²) in [6, 6.07) is 5.78. The van der Waals surface area contributed by atoms with E-state index >= 15 is 0 Å². The SMILES string of the molecule is COC(=O)c1ccccc1S(=O)(=O)Nc1cnns1. The van der Waals surface area contributed by atoms with E-state index in [1.807, 2.05) is 0 Å². The first-order valence-corrected chi connectivity index (χ1v) is 7.28. The molecule has 0 radical (unpaired) electrons. The van der Waals surface area contributed by atoms with Crippen LogP contribution < -0.4 is 4.72 Å². The molecule has 0 unspecified atom stereocenters. The van der Waals surface area contributed by atoms with Gasteiger partial charge in [-0.2, -0.15) is 0 Å². The van der Waals surface area contributed by atoms with Gasteiger partial charge in [-0.25, -0.2) is 13.2 Å². The average molecular weight is 299 g/mol. The maximum Gasteiger partial charge on any atom is 0.339 e. The number of ether oxygens (including phenoxy) is 1. The second-order valence-corrected chi connectivity index (χ2v) is 5.81. The third-order valence-electron chi connectivity index (χ3n) is 2.18. The molecule has 2 aromatic rings. The molecular weight excluding hydrogens is 290 g/mol. The summed E-state index contributed by atoms with van der Waals surface area (Å²) >= 11 is 0.897. The zero-order chi connectivity index (χ0) is 13.9. The maximum absolute atomic E-state index is 12.2. The second-order valence-electron chi connectivity index (χ2n) is 3.37. The number of sulfonamides is 1. The summed E-state index contributed by atoms with van der Waals surface area (Å²) < 4.78 is 34.7. The Morgan fingerprint density at radius 1 is 1.37 bits per heavy atom. The Balaban J connectivity index is 2.43. The summed E-state index contributed by atoms with van der Waals surface area (Å²) in [5, 5.41) is 3.79.